The molecule has 3 heterocycles. The van der Waals surface area contributed by atoms with Gasteiger partial charge in [0.25, 0.3) is 0 Å². The number of esters is 1. The Balaban J connectivity index is 1.84. The summed E-state index contributed by atoms with van der Waals surface area (Å²) in [6, 6.07) is 12.3. The summed E-state index contributed by atoms with van der Waals surface area (Å²) >= 11 is 3.10. The molecule has 2 aliphatic rings. The molecule has 2 amide bonds. The molecule has 1 aromatic heterocycles. The summed E-state index contributed by atoms with van der Waals surface area (Å²) in [6.07, 6.45) is 2.36. The second kappa shape index (κ2) is 7.93. The number of thioether (sulfide) groups is 1. The molecule has 4 atom stereocenters. The minimum Gasteiger partial charge on any atom is -0.468 e. The van der Waals surface area contributed by atoms with Gasteiger partial charge in [-0.2, -0.15) is 11.8 Å². The first-order chi connectivity index (χ1) is 14.0. The zero-order valence-corrected chi connectivity index (χ0v) is 17.8. The van der Waals surface area contributed by atoms with Gasteiger partial charge in [0, 0.05) is 4.88 Å². The fraction of sp³-hybridized carbons (Fsp3) is 0.381. The summed E-state index contributed by atoms with van der Waals surface area (Å²) in [5.41, 5.74) is -0.696. The Kier molecular flexibility index (Phi) is 5.50. The monoisotopic (exact) mass is 430 g/mol. The van der Waals surface area contributed by atoms with E-state index in [0.29, 0.717) is 17.9 Å². The van der Waals surface area contributed by atoms with Crippen molar-refractivity contribution in [1.82, 2.24) is 5.32 Å². The first-order valence-electron chi connectivity index (χ1n) is 9.36. The van der Waals surface area contributed by atoms with Crippen molar-refractivity contribution in [2.75, 3.05) is 24.0 Å². The van der Waals surface area contributed by atoms with E-state index in [1.54, 1.807) is 36.0 Å². The summed E-state index contributed by atoms with van der Waals surface area (Å²) in [5.74, 6) is -1.90. The second-order valence-corrected chi connectivity index (χ2v) is 9.16. The Morgan fingerprint density at radius 3 is 2.59 bits per heavy atom. The number of hydrogen-bond acceptors (Lipinski definition) is 7. The number of nitrogens with zero attached hydrogens (tertiary/aromatic N) is 1. The van der Waals surface area contributed by atoms with Crippen LogP contribution in [0.5, 0.6) is 0 Å². The molecule has 1 N–H and O–H groups in total. The molecule has 0 saturated carbocycles. The van der Waals surface area contributed by atoms with E-state index >= 15 is 0 Å². The van der Waals surface area contributed by atoms with Gasteiger partial charge in [0.05, 0.1) is 30.7 Å². The molecule has 2 fully saturated rings. The minimum atomic E-state index is -1.23. The van der Waals surface area contributed by atoms with Gasteiger partial charge < -0.3 is 4.74 Å². The Labute approximate surface area is 177 Å². The van der Waals surface area contributed by atoms with E-state index in [1.165, 1.54) is 23.3 Å². The van der Waals surface area contributed by atoms with Crippen LogP contribution in [0.25, 0.3) is 0 Å². The van der Waals surface area contributed by atoms with Crippen LogP contribution in [-0.4, -0.2) is 42.4 Å². The number of para-hydroxylation sites is 1. The van der Waals surface area contributed by atoms with Crippen molar-refractivity contribution in [1.29, 1.82) is 0 Å². The first kappa shape index (κ1) is 20.1. The Hall–Kier alpha value is -2.16. The number of carbonyl (C=O) groups excluding carboxylic acids is 3. The summed E-state index contributed by atoms with van der Waals surface area (Å²) in [7, 11) is 1.33. The number of rotatable bonds is 6. The molecule has 8 heteroatoms. The number of ether oxygens (including phenoxy) is 1. The van der Waals surface area contributed by atoms with Gasteiger partial charge >= 0.3 is 5.97 Å². The van der Waals surface area contributed by atoms with Crippen LogP contribution in [0.15, 0.2) is 47.8 Å². The van der Waals surface area contributed by atoms with Gasteiger partial charge in [-0.1, -0.05) is 24.3 Å². The molecular formula is C21H22N2O4S2. The number of hydrogen-bond donors (Lipinski definition) is 1. The lowest BCUT2D eigenvalue weighted by Crippen LogP contribution is -2.56. The number of amides is 2. The number of anilines is 1. The lowest BCUT2D eigenvalue weighted by Gasteiger charge is -2.32. The normalized spacial score (nSPS) is 28.6. The summed E-state index contributed by atoms with van der Waals surface area (Å²) in [4.78, 5) is 42.3. The number of methoxy groups -OCH3 is 1. The molecule has 0 bridgehead atoms. The first-order valence-corrected chi connectivity index (χ1v) is 11.6. The predicted octanol–water partition coefficient (Wildman–Crippen LogP) is 2.86. The van der Waals surface area contributed by atoms with Gasteiger partial charge in [0.1, 0.15) is 5.54 Å². The van der Waals surface area contributed by atoms with Crippen molar-refractivity contribution < 1.29 is 19.1 Å². The quantitative estimate of drug-likeness (QED) is 0.561. The van der Waals surface area contributed by atoms with E-state index in [0.717, 1.165) is 4.88 Å². The zero-order chi connectivity index (χ0) is 20.6. The van der Waals surface area contributed by atoms with E-state index in [-0.39, 0.29) is 11.8 Å². The van der Waals surface area contributed by atoms with Crippen LogP contribution in [0, 0.1) is 11.8 Å². The molecule has 0 unspecified atom stereocenters. The number of fused-ring (bicyclic) bond motifs is 1. The van der Waals surface area contributed by atoms with Crippen molar-refractivity contribution in [3.63, 3.8) is 0 Å². The van der Waals surface area contributed by atoms with E-state index in [9.17, 15) is 14.4 Å². The highest BCUT2D eigenvalue weighted by atomic mass is 32.2. The average molecular weight is 431 g/mol. The summed E-state index contributed by atoms with van der Waals surface area (Å²) < 4.78 is 5.14. The molecule has 1 aromatic carbocycles. The number of thiophene rings is 1. The number of imide groups is 1. The lowest BCUT2D eigenvalue weighted by molar-refractivity contribution is -0.152. The second-order valence-electron chi connectivity index (χ2n) is 7.19. The van der Waals surface area contributed by atoms with Crippen LogP contribution in [0.3, 0.4) is 0 Å². The molecule has 0 aliphatic carbocycles. The molecule has 152 valence electrons. The number of nitrogens with one attached hydrogen (secondary N) is 1. The number of benzene rings is 1. The largest absolute Gasteiger partial charge is 0.468 e. The predicted molar refractivity (Wildman–Crippen MR) is 114 cm³/mol. The third-order valence-corrected chi connectivity index (χ3v) is 7.34. The van der Waals surface area contributed by atoms with Crippen molar-refractivity contribution in [3.05, 3.63) is 52.7 Å². The van der Waals surface area contributed by atoms with Gasteiger partial charge in [-0.05, 0) is 42.0 Å². The Morgan fingerprint density at radius 1 is 1.21 bits per heavy atom. The van der Waals surface area contributed by atoms with Crippen molar-refractivity contribution >= 4 is 46.6 Å². The third kappa shape index (κ3) is 3.10. The van der Waals surface area contributed by atoms with Gasteiger partial charge in [0.2, 0.25) is 11.8 Å². The molecule has 0 radical (unpaired) electrons. The molecule has 2 saturated heterocycles. The van der Waals surface area contributed by atoms with Gasteiger partial charge in [0.15, 0.2) is 0 Å². The van der Waals surface area contributed by atoms with E-state index < -0.39 is 29.4 Å². The molecule has 29 heavy (non-hydrogen) atoms. The maximum Gasteiger partial charge on any atom is 0.326 e. The minimum absolute atomic E-state index is 0.271. The van der Waals surface area contributed by atoms with Crippen molar-refractivity contribution in [3.8, 4) is 0 Å². The lowest BCUT2D eigenvalue weighted by atomic mass is 9.78. The molecule has 0 spiro atoms. The molecule has 2 aromatic rings. The van der Waals surface area contributed by atoms with Gasteiger partial charge in [-0.25, -0.2) is 4.90 Å². The molecule has 4 rings (SSSR count). The highest BCUT2D eigenvalue weighted by Crippen LogP contribution is 2.52. The molecular weight excluding hydrogens is 408 g/mol. The standard InChI is InChI=1S/C21H22N2O4S2/c1-27-20(26)21(10-12-28-2)16-15(17(22-21)14-9-6-11-29-14)18(24)23(19(16)25)13-7-4-3-5-8-13/h3-9,11,15-17,22H,10,12H2,1-2H3/t15-,16-,17-,21-/m0/s1. The van der Waals surface area contributed by atoms with Crippen molar-refractivity contribution in [2.45, 2.75) is 18.0 Å². The van der Waals surface area contributed by atoms with E-state index in [2.05, 4.69) is 5.32 Å². The fourth-order valence-electron chi connectivity index (χ4n) is 4.51. The molecule has 2 aliphatic heterocycles. The van der Waals surface area contributed by atoms with Crippen LogP contribution < -0.4 is 10.2 Å². The van der Waals surface area contributed by atoms with Crippen LogP contribution >= 0.6 is 23.1 Å². The Bertz CT molecular complexity index is 918. The topological polar surface area (TPSA) is 75.7 Å². The zero-order valence-electron chi connectivity index (χ0n) is 16.2. The van der Waals surface area contributed by atoms with Crippen molar-refractivity contribution in [2.24, 2.45) is 11.8 Å². The Morgan fingerprint density at radius 2 is 1.97 bits per heavy atom. The maximum atomic E-state index is 13.6. The maximum absolute atomic E-state index is 13.6. The molecule has 6 nitrogen and oxygen atoms in total. The van der Waals surface area contributed by atoms with Crippen LogP contribution in [0.2, 0.25) is 0 Å². The van der Waals surface area contributed by atoms with Crippen LogP contribution in [0.1, 0.15) is 17.3 Å². The third-order valence-electron chi connectivity index (χ3n) is 5.77. The van der Waals surface area contributed by atoms with Crippen LogP contribution in [-0.2, 0) is 19.1 Å². The SMILES string of the molecule is COC(=O)[C@@]1(CCSC)N[C@@H](c2cccs2)[C@H]2C(=O)N(c3ccccc3)C(=O)[C@H]21. The average Bonchev–Trinajstić information content (AvgIpc) is 3.44. The highest BCUT2D eigenvalue weighted by Gasteiger charge is 2.68. The smallest absolute Gasteiger partial charge is 0.326 e. The number of carbonyl (C=O) groups is 3. The van der Waals surface area contributed by atoms with Gasteiger partial charge in [-0.3, -0.25) is 19.7 Å². The fourth-order valence-corrected chi connectivity index (χ4v) is 5.86. The summed E-state index contributed by atoms with van der Waals surface area (Å²) in [6.45, 7) is 0. The van der Waals surface area contributed by atoms with E-state index in [1.807, 2.05) is 29.8 Å². The van der Waals surface area contributed by atoms with Crippen LogP contribution in [0.4, 0.5) is 5.69 Å². The van der Waals surface area contributed by atoms with Gasteiger partial charge in [-0.15, -0.1) is 11.3 Å². The van der Waals surface area contributed by atoms with E-state index in [4.69, 9.17) is 4.74 Å². The summed E-state index contributed by atoms with van der Waals surface area (Å²) in [5, 5.41) is 5.31. The highest BCUT2D eigenvalue weighted by molar-refractivity contribution is 7.98.